The molecule has 5 N–H and O–H groups in total. The topological polar surface area (TPSA) is 101 Å². The maximum atomic E-state index is 11.9. The standard InChI is InChI=1S/C29H48O5/c1-24(2)10-12-28(15-24)13-11-26(4)18(22(28)33)6-7-20-25(3)14-19(32)23(34)29(16-30,17-31)21(25)8-9-27(20,26)5/h6,19-23,30-34H,7-17H2,1-5H3. The lowest BCUT2D eigenvalue weighted by molar-refractivity contribution is -0.257. The van der Waals surface area contributed by atoms with Crippen LogP contribution >= 0.6 is 0 Å². The van der Waals surface area contributed by atoms with Crippen molar-refractivity contribution in [1.29, 1.82) is 0 Å². The number of hydrogen-bond acceptors (Lipinski definition) is 5. The van der Waals surface area contributed by atoms with Crippen molar-refractivity contribution in [2.75, 3.05) is 13.2 Å². The van der Waals surface area contributed by atoms with Gasteiger partial charge in [0.05, 0.1) is 31.5 Å². The smallest absolute Gasteiger partial charge is 0.0902 e. The van der Waals surface area contributed by atoms with E-state index in [9.17, 15) is 25.5 Å². The molecule has 5 aliphatic carbocycles. The lowest BCUT2D eigenvalue weighted by atomic mass is 9.34. The first kappa shape index (κ1) is 25.2. The van der Waals surface area contributed by atoms with Crippen molar-refractivity contribution in [1.82, 2.24) is 0 Å². The highest BCUT2D eigenvalue weighted by atomic mass is 16.3. The summed E-state index contributed by atoms with van der Waals surface area (Å²) in [7, 11) is 0. The highest BCUT2D eigenvalue weighted by Gasteiger charge is 2.70. The molecule has 0 heterocycles. The molecule has 0 aromatic carbocycles. The molecule has 0 saturated heterocycles. The van der Waals surface area contributed by atoms with Gasteiger partial charge in [-0.2, -0.15) is 0 Å². The molecule has 5 rings (SSSR count). The van der Waals surface area contributed by atoms with Gasteiger partial charge in [0.15, 0.2) is 0 Å². The van der Waals surface area contributed by atoms with Crippen LogP contribution in [0.25, 0.3) is 0 Å². The number of allylic oxidation sites excluding steroid dienone is 1. The zero-order valence-electron chi connectivity index (χ0n) is 22.0. The Morgan fingerprint density at radius 3 is 2.09 bits per heavy atom. The van der Waals surface area contributed by atoms with Crippen LogP contribution in [0.5, 0.6) is 0 Å². The molecule has 9 atom stereocenters. The predicted octanol–water partition coefficient (Wildman–Crippen LogP) is 3.81. The molecule has 9 unspecified atom stereocenters. The number of fused-ring (bicyclic) bond motifs is 5. The highest BCUT2D eigenvalue weighted by Crippen LogP contribution is 2.74. The van der Waals surface area contributed by atoms with Crippen molar-refractivity contribution in [3.63, 3.8) is 0 Å². The van der Waals surface area contributed by atoms with Crippen molar-refractivity contribution in [3.05, 3.63) is 11.6 Å². The summed E-state index contributed by atoms with van der Waals surface area (Å²) in [4.78, 5) is 0. The summed E-state index contributed by atoms with van der Waals surface area (Å²) < 4.78 is 0. The van der Waals surface area contributed by atoms with Gasteiger partial charge in [0.1, 0.15) is 0 Å². The van der Waals surface area contributed by atoms with E-state index in [0.717, 1.165) is 44.9 Å². The van der Waals surface area contributed by atoms with Gasteiger partial charge in [-0.3, -0.25) is 0 Å². The first-order valence-electron chi connectivity index (χ1n) is 13.7. The Balaban J connectivity index is 1.56. The second kappa shape index (κ2) is 7.54. The monoisotopic (exact) mass is 476 g/mol. The summed E-state index contributed by atoms with van der Waals surface area (Å²) in [5.74, 6) is 0.203. The van der Waals surface area contributed by atoms with Crippen LogP contribution in [0.2, 0.25) is 0 Å². The second-order valence-corrected chi connectivity index (χ2v) is 14.7. The molecule has 5 heteroatoms. The lowest BCUT2D eigenvalue weighted by Gasteiger charge is -2.71. The Bertz CT molecular complexity index is 863. The van der Waals surface area contributed by atoms with Crippen LogP contribution in [0.15, 0.2) is 11.6 Å². The van der Waals surface area contributed by atoms with Gasteiger partial charge in [0.2, 0.25) is 0 Å². The van der Waals surface area contributed by atoms with E-state index in [0.29, 0.717) is 11.8 Å². The van der Waals surface area contributed by atoms with Crippen LogP contribution in [0.1, 0.15) is 92.4 Å². The normalized spacial score (nSPS) is 53.6. The van der Waals surface area contributed by atoms with Gasteiger partial charge < -0.3 is 25.5 Å². The molecule has 4 fully saturated rings. The molecule has 0 aliphatic heterocycles. The maximum Gasteiger partial charge on any atom is 0.0902 e. The van der Waals surface area contributed by atoms with E-state index < -0.39 is 17.6 Å². The van der Waals surface area contributed by atoms with E-state index in [1.165, 1.54) is 12.0 Å². The fourth-order valence-corrected chi connectivity index (χ4v) is 10.7. The summed E-state index contributed by atoms with van der Waals surface area (Å²) in [6.45, 7) is 11.1. The minimum atomic E-state index is -1.11. The summed E-state index contributed by atoms with van der Waals surface area (Å²) in [6, 6.07) is 0. The molecule has 0 amide bonds. The molecule has 4 saturated carbocycles. The summed E-state index contributed by atoms with van der Waals surface area (Å²) >= 11 is 0. The average Bonchev–Trinajstić information content (AvgIpc) is 3.09. The van der Waals surface area contributed by atoms with Gasteiger partial charge in [-0.15, -0.1) is 0 Å². The Morgan fingerprint density at radius 1 is 0.853 bits per heavy atom. The Labute approximate surface area is 205 Å². The van der Waals surface area contributed by atoms with E-state index in [-0.39, 0.29) is 52.8 Å². The first-order valence-corrected chi connectivity index (χ1v) is 13.7. The van der Waals surface area contributed by atoms with Gasteiger partial charge in [0.25, 0.3) is 0 Å². The molecule has 34 heavy (non-hydrogen) atoms. The molecule has 194 valence electrons. The predicted molar refractivity (Wildman–Crippen MR) is 132 cm³/mol. The molecule has 0 bridgehead atoms. The van der Waals surface area contributed by atoms with E-state index in [4.69, 9.17) is 0 Å². The van der Waals surface area contributed by atoms with E-state index in [1.54, 1.807) is 0 Å². The van der Waals surface area contributed by atoms with Gasteiger partial charge in [-0.25, -0.2) is 0 Å². The molecule has 5 aliphatic rings. The Hall–Kier alpha value is -0.460. The Kier molecular flexibility index (Phi) is 5.59. The number of aliphatic hydroxyl groups excluding tert-OH is 5. The highest BCUT2D eigenvalue weighted by molar-refractivity contribution is 5.34. The number of aliphatic hydroxyl groups is 5. The zero-order valence-corrected chi connectivity index (χ0v) is 22.0. The van der Waals surface area contributed by atoms with Gasteiger partial charge in [-0.05, 0) is 96.9 Å². The zero-order chi connectivity index (χ0) is 24.9. The van der Waals surface area contributed by atoms with Crippen molar-refractivity contribution in [2.24, 2.45) is 44.3 Å². The van der Waals surface area contributed by atoms with Crippen molar-refractivity contribution >= 4 is 0 Å². The summed E-state index contributed by atoms with van der Waals surface area (Å²) in [5, 5.41) is 54.6. The average molecular weight is 477 g/mol. The fraction of sp³-hybridized carbons (Fsp3) is 0.931. The molecular weight excluding hydrogens is 428 g/mol. The second-order valence-electron chi connectivity index (χ2n) is 14.7. The van der Waals surface area contributed by atoms with Gasteiger partial charge >= 0.3 is 0 Å². The quantitative estimate of drug-likeness (QED) is 0.390. The Morgan fingerprint density at radius 2 is 1.50 bits per heavy atom. The van der Waals surface area contributed by atoms with Gasteiger partial charge in [0, 0.05) is 10.8 Å². The summed E-state index contributed by atoms with van der Waals surface area (Å²) in [5.41, 5.74) is 0.0129. The number of hydrogen-bond donors (Lipinski definition) is 5. The van der Waals surface area contributed by atoms with Crippen LogP contribution < -0.4 is 0 Å². The van der Waals surface area contributed by atoms with E-state index in [1.807, 2.05) is 0 Å². The SMILES string of the molecule is CC1(C)CCC2(CCC3(C)C(=CCC4C5(C)CC(O)C(O)C(CO)(CO)C5CCC43C)C2O)C1. The first-order chi connectivity index (χ1) is 15.8. The van der Waals surface area contributed by atoms with Crippen LogP contribution in [0.4, 0.5) is 0 Å². The number of rotatable bonds is 2. The molecule has 5 nitrogen and oxygen atoms in total. The molecule has 0 aromatic heterocycles. The van der Waals surface area contributed by atoms with Crippen molar-refractivity contribution < 1.29 is 25.5 Å². The van der Waals surface area contributed by atoms with E-state index >= 15 is 0 Å². The van der Waals surface area contributed by atoms with Gasteiger partial charge in [-0.1, -0.05) is 40.7 Å². The van der Waals surface area contributed by atoms with Crippen LogP contribution in [-0.4, -0.2) is 57.1 Å². The van der Waals surface area contributed by atoms with Crippen molar-refractivity contribution in [2.45, 2.75) is 111 Å². The third kappa shape index (κ3) is 2.91. The minimum absolute atomic E-state index is 0.00716. The third-order valence-corrected chi connectivity index (χ3v) is 12.8. The molecule has 0 aromatic rings. The third-order valence-electron chi connectivity index (χ3n) is 12.8. The van der Waals surface area contributed by atoms with E-state index in [2.05, 4.69) is 40.7 Å². The molecular formula is C29H48O5. The van der Waals surface area contributed by atoms with Crippen LogP contribution in [0, 0.1) is 44.3 Å². The van der Waals surface area contributed by atoms with Crippen LogP contribution in [-0.2, 0) is 0 Å². The minimum Gasteiger partial charge on any atom is -0.396 e. The maximum absolute atomic E-state index is 11.9. The van der Waals surface area contributed by atoms with Crippen LogP contribution in [0.3, 0.4) is 0 Å². The molecule has 0 radical (unpaired) electrons. The van der Waals surface area contributed by atoms with Crippen molar-refractivity contribution in [3.8, 4) is 0 Å². The molecule has 1 spiro atoms. The largest absolute Gasteiger partial charge is 0.396 e. The lowest BCUT2D eigenvalue weighted by Crippen LogP contribution is -2.69. The summed E-state index contributed by atoms with van der Waals surface area (Å²) in [6.07, 6.45) is 8.49. The fourth-order valence-electron chi connectivity index (χ4n) is 10.7.